The molecule has 0 heterocycles. The molecule has 0 aromatic carbocycles. The van der Waals surface area contributed by atoms with Gasteiger partial charge in [-0.25, -0.2) is 14.4 Å². The van der Waals surface area contributed by atoms with Crippen LogP contribution in [-0.4, -0.2) is 72.7 Å². The van der Waals surface area contributed by atoms with Crippen molar-refractivity contribution in [2.24, 2.45) is 5.41 Å². The fraction of sp³-hybridized carbons (Fsp3) is 0.524. The molecule has 0 spiro atoms. The minimum Gasteiger partial charge on any atom is -0.462 e. The zero-order valence-corrected chi connectivity index (χ0v) is 18.0. The molecular formula is C21H30O10. The summed E-state index contributed by atoms with van der Waals surface area (Å²) in [7, 11) is 0. The predicted molar refractivity (Wildman–Crippen MR) is 108 cm³/mol. The highest BCUT2D eigenvalue weighted by atomic mass is 16.6. The Kier molecular flexibility index (Phi) is 12.1. The smallest absolute Gasteiger partial charge is 0.333 e. The molecule has 0 aromatic rings. The Labute approximate surface area is 181 Å². The Morgan fingerprint density at radius 1 is 0.871 bits per heavy atom. The Morgan fingerprint density at radius 2 is 1.32 bits per heavy atom. The first-order valence-corrected chi connectivity index (χ1v) is 9.30. The minimum absolute atomic E-state index is 0.0480. The molecule has 0 amide bonds. The molecule has 0 aliphatic heterocycles. The van der Waals surface area contributed by atoms with E-state index in [0.717, 1.165) is 6.08 Å². The largest absolute Gasteiger partial charge is 0.462 e. The number of rotatable bonds is 14. The van der Waals surface area contributed by atoms with Crippen molar-refractivity contribution in [3.63, 3.8) is 0 Å². The normalized spacial score (nSPS) is 12.7. The van der Waals surface area contributed by atoms with Gasteiger partial charge in [0.05, 0.1) is 5.41 Å². The maximum Gasteiger partial charge on any atom is 0.333 e. The Bertz CT molecular complexity index is 707. The van der Waals surface area contributed by atoms with Gasteiger partial charge in [0.2, 0.25) is 0 Å². The van der Waals surface area contributed by atoms with Crippen LogP contribution < -0.4 is 0 Å². The van der Waals surface area contributed by atoms with Gasteiger partial charge in [0, 0.05) is 17.2 Å². The zero-order valence-electron chi connectivity index (χ0n) is 18.0. The fourth-order valence-corrected chi connectivity index (χ4v) is 1.95. The summed E-state index contributed by atoms with van der Waals surface area (Å²) in [5.74, 6) is -2.97. The molecule has 0 bridgehead atoms. The Morgan fingerprint density at radius 3 is 1.81 bits per heavy atom. The van der Waals surface area contributed by atoms with Crippen LogP contribution in [0.5, 0.6) is 0 Å². The van der Waals surface area contributed by atoms with Crippen molar-refractivity contribution >= 4 is 23.9 Å². The lowest BCUT2D eigenvalue weighted by Crippen LogP contribution is -2.33. The lowest BCUT2D eigenvalue weighted by molar-refractivity contribution is -0.159. The summed E-state index contributed by atoms with van der Waals surface area (Å²) in [6, 6.07) is 0. The number of esters is 4. The summed E-state index contributed by atoms with van der Waals surface area (Å²) in [5.41, 5.74) is -1.06. The van der Waals surface area contributed by atoms with Gasteiger partial charge in [0.1, 0.15) is 38.6 Å². The summed E-state index contributed by atoms with van der Waals surface area (Å²) in [4.78, 5) is 46.5. The first-order valence-electron chi connectivity index (χ1n) is 9.30. The molecule has 2 N–H and O–H groups in total. The van der Waals surface area contributed by atoms with Gasteiger partial charge in [-0.05, 0) is 27.2 Å². The number of carbonyl (C=O) groups excluding carboxylic acids is 4. The molecule has 0 aliphatic carbocycles. The van der Waals surface area contributed by atoms with Crippen LogP contribution in [0.15, 0.2) is 37.0 Å². The molecule has 0 fully saturated rings. The molecule has 0 rings (SSSR count). The highest BCUT2D eigenvalue weighted by molar-refractivity contribution is 5.89. The van der Waals surface area contributed by atoms with Gasteiger partial charge in [-0.2, -0.15) is 0 Å². The summed E-state index contributed by atoms with van der Waals surface area (Å²) >= 11 is 0. The molecule has 10 heteroatoms. The van der Waals surface area contributed by atoms with Gasteiger partial charge >= 0.3 is 23.9 Å². The highest BCUT2D eigenvalue weighted by Crippen LogP contribution is 2.27. The van der Waals surface area contributed by atoms with Crippen LogP contribution in [0.2, 0.25) is 0 Å². The van der Waals surface area contributed by atoms with Crippen LogP contribution in [0.1, 0.15) is 27.2 Å². The van der Waals surface area contributed by atoms with Crippen molar-refractivity contribution in [3.05, 3.63) is 37.0 Å². The molecule has 174 valence electrons. The second kappa shape index (κ2) is 13.3. The topological polar surface area (TPSA) is 146 Å². The van der Waals surface area contributed by atoms with Crippen molar-refractivity contribution in [1.82, 2.24) is 0 Å². The molecule has 2 atom stereocenters. The third-order valence-corrected chi connectivity index (χ3v) is 3.65. The van der Waals surface area contributed by atoms with Crippen LogP contribution in [0, 0.1) is 5.41 Å². The number of aliphatic hydroxyl groups excluding tert-OH is 2. The van der Waals surface area contributed by atoms with E-state index in [-0.39, 0.29) is 30.8 Å². The quantitative estimate of drug-likeness (QED) is 0.223. The predicted octanol–water partition coefficient (Wildman–Crippen LogP) is 0.616. The van der Waals surface area contributed by atoms with Gasteiger partial charge < -0.3 is 29.2 Å². The molecule has 0 saturated carbocycles. The van der Waals surface area contributed by atoms with Crippen molar-refractivity contribution in [2.45, 2.75) is 39.4 Å². The van der Waals surface area contributed by atoms with Gasteiger partial charge in [0.15, 0.2) is 0 Å². The molecule has 0 radical (unpaired) electrons. The van der Waals surface area contributed by atoms with Crippen molar-refractivity contribution in [2.75, 3.05) is 26.4 Å². The van der Waals surface area contributed by atoms with Crippen molar-refractivity contribution < 1.29 is 48.3 Å². The lowest BCUT2D eigenvalue weighted by atomic mass is 9.86. The molecule has 0 aromatic heterocycles. The Hall–Kier alpha value is -2.98. The SMILES string of the molecule is C=CC(=O)OCC(O)COC(=O)C(=C)CC(C)(C)C(=O)OCC(O)COC(=O)C(=C)C. The molecule has 0 saturated heterocycles. The first-order chi connectivity index (χ1) is 14.3. The number of hydrogen-bond donors (Lipinski definition) is 2. The molecule has 0 aliphatic rings. The third kappa shape index (κ3) is 11.7. The average Bonchev–Trinajstić information content (AvgIpc) is 2.71. The Balaban J connectivity index is 4.43. The average molecular weight is 442 g/mol. The van der Waals surface area contributed by atoms with E-state index in [0.29, 0.717) is 0 Å². The molecule has 31 heavy (non-hydrogen) atoms. The van der Waals surface area contributed by atoms with Crippen LogP contribution in [0.3, 0.4) is 0 Å². The number of hydrogen-bond acceptors (Lipinski definition) is 10. The second-order valence-corrected chi connectivity index (χ2v) is 7.38. The lowest BCUT2D eigenvalue weighted by Gasteiger charge is -2.24. The zero-order chi connectivity index (χ0) is 24.2. The van der Waals surface area contributed by atoms with Gasteiger partial charge in [-0.15, -0.1) is 0 Å². The maximum absolute atomic E-state index is 12.3. The van der Waals surface area contributed by atoms with E-state index in [1.807, 2.05) is 0 Å². The molecule has 10 nitrogen and oxygen atoms in total. The number of carbonyl (C=O) groups is 4. The van der Waals surface area contributed by atoms with Crippen LogP contribution in [-0.2, 0) is 38.1 Å². The maximum atomic E-state index is 12.3. The number of aliphatic hydroxyl groups is 2. The second-order valence-electron chi connectivity index (χ2n) is 7.38. The van der Waals surface area contributed by atoms with Crippen LogP contribution in [0.4, 0.5) is 0 Å². The van der Waals surface area contributed by atoms with E-state index in [9.17, 15) is 29.4 Å². The van der Waals surface area contributed by atoms with Crippen LogP contribution in [0.25, 0.3) is 0 Å². The molecule has 2 unspecified atom stereocenters. The summed E-state index contributed by atoms with van der Waals surface area (Å²) in [6.45, 7) is 13.0. The van der Waals surface area contributed by atoms with E-state index < -0.39 is 54.7 Å². The third-order valence-electron chi connectivity index (χ3n) is 3.65. The van der Waals surface area contributed by atoms with E-state index in [1.165, 1.54) is 20.8 Å². The summed E-state index contributed by atoms with van der Waals surface area (Å²) in [6.07, 6.45) is -1.66. The van der Waals surface area contributed by atoms with Gasteiger partial charge in [0.25, 0.3) is 0 Å². The van der Waals surface area contributed by atoms with Crippen LogP contribution >= 0.6 is 0 Å². The monoisotopic (exact) mass is 442 g/mol. The number of ether oxygens (including phenoxy) is 4. The highest BCUT2D eigenvalue weighted by Gasteiger charge is 2.32. The van der Waals surface area contributed by atoms with E-state index >= 15 is 0 Å². The molecular weight excluding hydrogens is 412 g/mol. The fourth-order valence-electron chi connectivity index (χ4n) is 1.95. The van der Waals surface area contributed by atoms with Crippen molar-refractivity contribution in [3.8, 4) is 0 Å². The standard InChI is InChI=1S/C21H30O10/c1-7-17(24)28-9-15(22)11-30-19(26)14(4)8-21(5,6)20(27)31-12-16(23)10-29-18(25)13(2)3/h7,15-16,22-23H,1-2,4,8-12H2,3,5-6H3. The van der Waals surface area contributed by atoms with Crippen molar-refractivity contribution in [1.29, 1.82) is 0 Å². The van der Waals surface area contributed by atoms with Gasteiger partial charge in [-0.1, -0.05) is 19.7 Å². The first kappa shape index (κ1) is 28.0. The van der Waals surface area contributed by atoms with E-state index in [2.05, 4.69) is 24.5 Å². The van der Waals surface area contributed by atoms with E-state index in [4.69, 9.17) is 14.2 Å². The summed E-state index contributed by atoms with van der Waals surface area (Å²) in [5, 5.41) is 19.4. The summed E-state index contributed by atoms with van der Waals surface area (Å²) < 4.78 is 19.3. The van der Waals surface area contributed by atoms with Gasteiger partial charge in [-0.3, -0.25) is 4.79 Å². The minimum atomic E-state index is -1.24. The van der Waals surface area contributed by atoms with E-state index in [1.54, 1.807) is 0 Å².